The first-order valence-corrected chi connectivity index (χ1v) is 7.95. The lowest BCUT2D eigenvalue weighted by Crippen LogP contribution is -2.42. The van der Waals surface area contributed by atoms with Crippen molar-refractivity contribution < 1.29 is 9.18 Å². The fraction of sp³-hybridized carbons (Fsp3) is 0.588. The van der Waals surface area contributed by atoms with Gasteiger partial charge in [-0.25, -0.2) is 4.39 Å². The number of rotatable bonds is 6. The summed E-state index contributed by atoms with van der Waals surface area (Å²) in [5, 5.41) is 6.57. The second-order valence-corrected chi connectivity index (χ2v) is 5.84. The molecule has 0 unspecified atom stereocenters. The van der Waals surface area contributed by atoms with Gasteiger partial charge in [-0.3, -0.25) is 4.79 Å². The van der Waals surface area contributed by atoms with Gasteiger partial charge >= 0.3 is 0 Å². The molecule has 2 rings (SSSR count). The second-order valence-electron chi connectivity index (χ2n) is 5.84. The first-order valence-electron chi connectivity index (χ1n) is 7.95. The fourth-order valence-corrected chi connectivity index (χ4v) is 2.88. The van der Waals surface area contributed by atoms with Crippen molar-refractivity contribution >= 4 is 5.91 Å². The molecule has 1 aromatic rings. The molecule has 21 heavy (non-hydrogen) atoms. The summed E-state index contributed by atoms with van der Waals surface area (Å²) in [5.74, 6) is -0.384. The van der Waals surface area contributed by atoms with Gasteiger partial charge in [-0.2, -0.15) is 0 Å². The van der Waals surface area contributed by atoms with Crippen molar-refractivity contribution in [3.05, 3.63) is 35.6 Å². The van der Waals surface area contributed by atoms with Crippen molar-refractivity contribution in [2.45, 2.75) is 57.5 Å². The molecule has 1 amide bonds. The summed E-state index contributed by atoms with van der Waals surface area (Å²) in [6.07, 6.45) is 5.49. The normalized spacial score (nSPS) is 22.0. The van der Waals surface area contributed by atoms with Crippen LogP contribution in [-0.4, -0.2) is 24.5 Å². The molecule has 1 aliphatic rings. The molecule has 0 atom stereocenters. The SMILES string of the molecule is CCCNC1CCC(NC(=O)Cc2ccccc2F)CC1. The van der Waals surface area contributed by atoms with E-state index in [9.17, 15) is 9.18 Å². The Morgan fingerprint density at radius 2 is 1.86 bits per heavy atom. The van der Waals surface area contributed by atoms with Crippen molar-refractivity contribution in [1.82, 2.24) is 10.6 Å². The number of carbonyl (C=O) groups is 1. The minimum absolute atomic E-state index is 0.0786. The molecule has 1 aromatic carbocycles. The molecule has 0 heterocycles. The Labute approximate surface area is 126 Å². The number of amides is 1. The summed E-state index contributed by atoms with van der Waals surface area (Å²) in [6, 6.07) is 7.29. The van der Waals surface area contributed by atoms with E-state index in [-0.39, 0.29) is 24.2 Å². The van der Waals surface area contributed by atoms with Crippen LogP contribution in [0.1, 0.15) is 44.6 Å². The van der Waals surface area contributed by atoms with E-state index in [0.717, 1.165) is 38.6 Å². The van der Waals surface area contributed by atoms with Crippen molar-refractivity contribution in [2.75, 3.05) is 6.54 Å². The zero-order valence-electron chi connectivity index (χ0n) is 12.7. The van der Waals surface area contributed by atoms with Crippen molar-refractivity contribution in [1.29, 1.82) is 0 Å². The molecule has 0 aromatic heterocycles. The highest BCUT2D eigenvalue weighted by Gasteiger charge is 2.22. The van der Waals surface area contributed by atoms with Gasteiger partial charge in [0.2, 0.25) is 5.91 Å². The summed E-state index contributed by atoms with van der Waals surface area (Å²) >= 11 is 0. The summed E-state index contributed by atoms with van der Waals surface area (Å²) in [7, 11) is 0. The molecule has 1 saturated carbocycles. The largest absolute Gasteiger partial charge is 0.353 e. The molecule has 0 spiro atoms. The average molecular weight is 292 g/mol. The predicted octanol–water partition coefficient (Wildman–Crippen LogP) is 2.80. The monoisotopic (exact) mass is 292 g/mol. The van der Waals surface area contributed by atoms with Crippen LogP contribution < -0.4 is 10.6 Å². The Hall–Kier alpha value is -1.42. The number of halogens is 1. The lowest BCUT2D eigenvalue weighted by molar-refractivity contribution is -0.121. The van der Waals surface area contributed by atoms with Gasteiger partial charge in [0, 0.05) is 12.1 Å². The zero-order valence-corrected chi connectivity index (χ0v) is 12.7. The highest BCUT2D eigenvalue weighted by atomic mass is 19.1. The molecule has 1 fully saturated rings. The maximum Gasteiger partial charge on any atom is 0.224 e. The van der Waals surface area contributed by atoms with E-state index < -0.39 is 0 Å². The molecule has 1 aliphatic carbocycles. The van der Waals surface area contributed by atoms with Gasteiger partial charge in [-0.15, -0.1) is 0 Å². The van der Waals surface area contributed by atoms with Gasteiger partial charge in [0.05, 0.1) is 6.42 Å². The quantitative estimate of drug-likeness (QED) is 0.846. The van der Waals surface area contributed by atoms with E-state index >= 15 is 0 Å². The Morgan fingerprint density at radius 1 is 1.19 bits per heavy atom. The first-order chi connectivity index (χ1) is 10.2. The molecule has 0 saturated heterocycles. The van der Waals surface area contributed by atoms with Crippen molar-refractivity contribution in [2.24, 2.45) is 0 Å². The van der Waals surface area contributed by atoms with Crippen LogP contribution in [0.3, 0.4) is 0 Å². The molecule has 3 nitrogen and oxygen atoms in total. The zero-order chi connectivity index (χ0) is 15.1. The van der Waals surface area contributed by atoms with Gasteiger partial charge in [-0.1, -0.05) is 25.1 Å². The van der Waals surface area contributed by atoms with Crippen LogP contribution in [0.15, 0.2) is 24.3 Å². The maximum absolute atomic E-state index is 13.5. The number of hydrogen-bond acceptors (Lipinski definition) is 2. The molecule has 2 N–H and O–H groups in total. The number of carbonyl (C=O) groups excluding carboxylic acids is 1. The first kappa shape index (κ1) is 16.0. The van der Waals surface area contributed by atoms with E-state index in [2.05, 4.69) is 17.6 Å². The Morgan fingerprint density at radius 3 is 2.52 bits per heavy atom. The maximum atomic E-state index is 13.5. The van der Waals surface area contributed by atoms with Crippen LogP contribution in [0.4, 0.5) is 4.39 Å². The molecule has 4 heteroatoms. The lowest BCUT2D eigenvalue weighted by Gasteiger charge is -2.29. The Bertz CT molecular complexity index is 456. The fourth-order valence-electron chi connectivity index (χ4n) is 2.88. The number of hydrogen-bond donors (Lipinski definition) is 2. The summed E-state index contributed by atoms with van der Waals surface area (Å²) < 4.78 is 13.5. The minimum atomic E-state index is -0.305. The smallest absolute Gasteiger partial charge is 0.224 e. The number of benzene rings is 1. The van der Waals surface area contributed by atoms with E-state index in [1.165, 1.54) is 6.07 Å². The molecular formula is C17H25FN2O. The lowest BCUT2D eigenvalue weighted by atomic mass is 9.91. The summed E-state index contributed by atoms with van der Waals surface area (Å²) in [4.78, 5) is 12.0. The van der Waals surface area contributed by atoms with E-state index in [0.29, 0.717) is 11.6 Å². The number of nitrogens with one attached hydrogen (secondary N) is 2. The van der Waals surface area contributed by atoms with Crippen LogP contribution in [0.2, 0.25) is 0 Å². The van der Waals surface area contributed by atoms with Gasteiger partial charge in [0.1, 0.15) is 5.82 Å². The second kappa shape index (κ2) is 8.13. The molecule has 0 radical (unpaired) electrons. The third-order valence-electron chi connectivity index (χ3n) is 4.08. The third kappa shape index (κ3) is 5.12. The Kier molecular flexibility index (Phi) is 6.18. The van der Waals surface area contributed by atoms with Gasteiger partial charge in [0.15, 0.2) is 0 Å². The third-order valence-corrected chi connectivity index (χ3v) is 4.08. The molecule has 0 bridgehead atoms. The summed E-state index contributed by atoms with van der Waals surface area (Å²) in [6.45, 7) is 3.23. The van der Waals surface area contributed by atoms with E-state index in [4.69, 9.17) is 0 Å². The van der Waals surface area contributed by atoms with Crippen LogP contribution in [-0.2, 0) is 11.2 Å². The highest BCUT2D eigenvalue weighted by molar-refractivity contribution is 5.78. The van der Waals surface area contributed by atoms with Gasteiger partial charge in [0.25, 0.3) is 0 Å². The molecule has 116 valence electrons. The van der Waals surface area contributed by atoms with Crippen molar-refractivity contribution in [3.63, 3.8) is 0 Å². The van der Waals surface area contributed by atoms with Gasteiger partial charge < -0.3 is 10.6 Å². The average Bonchev–Trinajstić information content (AvgIpc) is 2.49. The van der Waals surface area contributed by atoms with Crippen LogP contribution in [0.25, 0.3) is 0 Å². The molecule has 0 aliphatic heterocycles. The van der Waals surface area contributed by atoms with Crippen LogP contribution >= 0.6 is 0 Å². The van der Waals surface area contributed by atoms with E-state index in [1.807, 2.05) is 0 Å². The minimum Gasteiger partial charge on any atom is -0.353 e. The van der Waals surface area contributed by atoms with Crippen LogP contribution in [0, 0.1) is 5.82 Å². The molecular weight excluding hydrogens is 267 g/mol. The standard InChI is InChI=1S/C17H25FN2O/c1-2-11-19-14-7-9-15(10-8-14)20-17(21)12-13-5-3-4-6-16(13)18/h3-6,14-15,19H,2,7-12H2,1H3,(H,20,21). The van der Waals surface area contributed by atoms with Crippen LogP contribution in [0.5, 0.6) is 0 Å². The Balaban J connectivity index is 1.73. The predicted molar refractivity (Wildman–Crippen MR) is 82.6 cm³/mol. The highest BCUT2D eigenvalue weighted by Crippen LogP contribution is 2.19. The van der Waals surface area contributed by atoms with E-state index in [1.54, 1.807) is 18.2 Å². The summed E-state index contributed by atoms with van der Waals surface area (Å²) in [5.41, 5.74) is 0.466. The van der Waals surface area contributed by atoms with Crippen molar-refractivity contribution in [3.8, 4) is 0 Å². The topological polar surface area (TPSA) is 41.1 Å². The van der Waals surface area contributed by atoms with Gasteiger partial charge in [-0.05, 0) is 50.3 Å².